The fourth-order valence-electron chi connectivity index (χ4n) is 3.90. The van der Waals surface area contributed by atoms with Gasteiger partial charge >= 0.3 is 12.0 Å². The van der Waals surface area contributed by atoms with Gasteiger partial charge in [0.2, 0.25) is 0 Å². The first kappa shape index (κ1) is 19.6. The Morgan fingerprint density at radius 1 is 1.30 bits per heavy atom. The first-order valence-electron chi connectivity index (χ1n) is 9.61. The minimum Gasteiger partial charge on any atom is -0.480 e. The Hall–Kier alpha value is -2.12. The first-order valence-corrected chi connectivity index (χ1v) is 9.61. The molecule has 1 saturated carbocycles. The number of aliphatic carboxylic acids is 1. The highest BCUT2D eigenvalue weighted by atomic mass is 16.5. The van der Waals surface area contributed by atoms with Crippen LogP contribution in [0.3, 0.4) is 0 Å². The van der Waals surface area contributed by atoms with Crippen LogP contribution < -0.4 is 5.32 Å². The number of urea groups is 1. The molecule has 3 rings (SSSR count). The lowest BCUT2D eigenvalue weighted by Crippen LogP contribution is -2.53. The molecule has 2 N–H and O–H groups in total. The highest BCUT2D eigenvalue weighted by Gasteiger charge is 2.31. The van der Waals surface area contributed by atoms with E-state index in [0.29, 0.717) is 44.6 Å². The lowest BCUT2D eigenvalue weighted by molar-refractivity contribution is -0.138. The summed E-state index contributed by atoms with van der Waals surface area (Å²) in [7, 11) is 1.75. The molecular formula is C20H29N3O4. The minimum absolute atomic E-state index is 0.0314. The maximum Gasteiger partial charge on any atom is 0.317 e. The number of ether oxygens (including phenoxy) is 1. The maximum atomic E-state index is 12.5. The van der Waals surface area contributed by atoms with Crippen molar-refractivity contribution in [1.82, 2.24) is 15.1 Å². The number of amides is 2. The predicted molar refractivity (Wildman–Crippen MR) is 102 cm³/mol. The van der Waals surface area contributed by atoms with E-state index >= 15 is 0 Å². The van der Waals surface area contributed by atoms with Crippen LogP contribution in [0.2, 0.25) is 0 Å². The molecule has 148 valence electrons. The fraction of sp³-hybridized carbons (Fsp3) is 0.600. The van der Waals surface area contributed by atoms with Crippen molar-refractivity contribution in [3.8, 4) is 0 Å². The number of morpholine rings is 1. The lowest BCUT2D eigenvalue weighted by atomic mass is 9.71. The Kier molecular flexibility index (Phi) is 6.68. The third-order valence-corrected chi connectivity index (χ3v) is 5.40. The molecule has 1 heterocycles. The van der Waals surface area contributed by atoms with Crippen LogP contribution in [0.25, 0.3) is 0 Å². The van der Waals surface area contributed by atoms with Crippen LogP contribution in [0.5, 0.6) is 0 Å². The molecule has 1 aromatic carbocycles. The summed E-state index contributed by atoms with van der Waals surface area (Å²) < 4.78 is 5.68. The number of hydrogen-bond acceptors (Lipinski definition) is 4. The van der Waals surface area contributed by atoms with Gasteiger partial charge < -0.3 is 20.1 Å². The highest BCUT2D eigenvalue weighted by molar-refractivity contribution is 5.74. The van der Waals surface area contributed by atoms with Gasteiger partial charge in [0.25, 0.3) is 0 Å². The van der Waals surface area contributed by atoms with Gasteiger partial charge in [-0.1, -0.05) is 30.3 Å². The van der Waals surface area contributed by atoms with E-state index in [2.05, 4.69) is 29.6 Å². The summed E-state index contributed by atoms with van der Waals surface area (Å²) in [5, 5.41) is 11.9. The average molecular weight is 375 g/mol. The first-order chi connectivity index (χ1) is 13.0. The number of carboxylic acids is 1. The molecule has 1 aromatic rings. The Morgan fingerprint density at radius 2 is 2.04 bits per heavy atom. The van der Waals surface area contributed by atoms with Crippen LogP contribution in [0.4, 0.5) is 4.79 Å². The third kappa shape index (κ3) is 5.68. The Bertz CT molecular complexity index is 633. The van der Waals surface area contributed by atoms with Crippen molar-refractivity contribution >= 4 is 12.0 Å². The second-order valence-electron chi connectivity index (χ2n) is 7.66. The molecule has 1 aliphatic carbocycles. The molecule has 7 heteroatoms. The summed E-state index contributed by atoms with van der Waals surface area (Å²) in [6.45, 7) is 2.73. The Labute approximate surface area is 160 Å². The van der Waals surface area contributed by atoms with Crippen LogP contribution in [0.1, 0.15) is 24.3 Å². The monoisotopic (exact) mass is 375 g/mol. The molecule has 0 aromatic heterocycles. The third-order valence-electron chi connectivity index (χ3n) is 5.40. The number of benzene rings is 1. The molecule has 0 spiro atoms. The van der Waals surface area contributed by atoms with Gasteiger partial charge in [-0.25, -0.2) is 4.79 Å². The molecule has 27 heavy (non-hydrogen) atoms. The molecule has 1 aliphatic heterocycles. The number of nitrogens with one attached hydrogen (secondary N) is 1. The van der Waals surface area contributed by atoms with Crippen molar-refractivity contribution in [1.29, 1.82) is 0 Å². The van der Waals surface area contributed by atoms with Gasteiger partial charge in [0, 0.05) is 26.2 Å². The lowest BCUT2D eigenvalue weighted by Gasteiger charge is -2.37. The molecule has 1 unspecified atom stereocenters. The standard InChI is InChI=1S/C20H29N3O4/c1-22(14-19(24)25)12-18-13-23(7-8-27-18)20(26)21-11-15-9-17(10-15)16-5-3-2-4-6-16/h2-6,15,17-18H,7-14H2,1H3,(H,21,26)(H,24,25). The molecule has 2 aliphatic rings. The van der Waals surface area contributed by atoms with Gasteiger partial charge in [-0.15, -0.1) is 0 Å². The van der Waals surface area contributed by atoms with Gasteiger partial charge in [-0.05, 0) is 37.3 Å². The molecular weight excluding hydrogens is 346 g/mol. The molecule has 1 saturated heterocycles. The van der Waals surface area contributed by atoms with E-state index in [4.69, 9.17) is 9.84 Å². The Balaban J connectivity index is 1.36. The smallest absolute Gasteiger partial charge is 0.317 e. The van der Waals surface area contributed by atoms with Gasteiger partial charge in [0.05, 0.1) is 19.3 Å². The van der Waals surface area contributed by atoms with Crippen molar-refractivity contribution in [3.63, 3.8) is 0 Å². The van der Waals surface area contributed by atoms with Gasteiger partial charge in [-0.3, -0.25) is 9.69 Å². The molecule has 0 bridgehead atoms. The minimum atomic E-state index is -0.864. The summed E-state index contributed by atoms with van der Waals surface area (Å²) in [5.41, 5.74) is 1.39. The normalized spacial score (nSPS) is 25.1. The van der Waals surface area contributed by atoms with E-state index in [1.54, 1.807) is 16.8 Å². The summed E-state index contributed by atoms with van der Waals surface area (Å²) >= 11 is 0. The number of likely N-dealkylation sites (N-methyl/N-ethyl adjacent to an activating group) is 1. The molecule has 2 amide bonds. The summed E-state index contributed by atoms with van der Waals surface area (Å²) in [6, 6.07) is 10.5. The number of carboxylic acid groups (broad SMARTS) is 1. The number of carbonyl (C=O) groups is 2. The second-order valence-corrected chi connectivity index (χ2v) is 7.66. The largest absolute Gasteiger partial charge is 0.480 e. The van der Waals surface area contributed by atoms with Gasteiger partial charge in [0.1, 0.15) is 0 Å². The zero-order chi connectivity index (χ0) is 19.2. The van der Waals surface area contributed by atoms with Crippen molar-refractivity contribution in [2.75, 3.05) is 46.4 Å². The highest BCUT2D eigenvalue weighted by Crippen LogP contribution is 2.41. The van der Waals surface area contributed by atoms with Crippen molar-refractivity contribution in [3.05, 3.63) is 35.9 Å². The van der Waals surface area contributed by atoms with Crippen molar-refractivity contribution in [2.45, 2.75) is 24.9 Å². The quantitative estimate of drug-likeness (QED) is 0.757. The number of nitrogens with zero attached hydrogens (tertiary/aromatic N) is 2. The summed E-state index contributed by atoms with van der Waals surface area (Å²) in [5.74, 6) is 0.292. The van der Waals surface area contributed by atoms with Gasteiger partial charge in [0.15, 0.2) is 0 Å². The predicted octanol–water partition coefficient (Wildman–Crippen LogP) is 1.61. The van der Waals surface area contributed by atoms with Crippen LogP contribution in [0, 0.1) is 5.92 Å². The maximum absolute atomic E-state index is 12.5. The van der Waals surface area contributed by atoms with E-state index < -0.39 is 5.97 Å². The SMILES string of the molecule is CN(CC(=O)O)CC1CN(C(=O)NCC2CC(c3ccccc3)C2)CCO1. The fourth-order valence-corrected chi connectivity index (χ4v) is 3.90. The Morgan fingerprint density at radius 3 is 2.74 bits per heavy atom. The summed E-state index contributed by atoms with van der Waals surface area (Å²) in [4.78, 5) is 26.7. The van der Waals surface area contributed by atoms with Crippen LogP contribution in [-0.2, 0) is 9.53 Å². The zero-order valence-electron chi connectivity index (χ0n) is 15.8. The van der Waals surface area contributed by atoms with Gasteiger partial charge in [-0.2, -0.15) is 0 Å². The van der Waals surface area contributed by atoms with Crippen molar-refractivity contribution < 1.29 is 19.4 Å². The van der Waals surface area contributed by atoms with E-state index in [9.17, 15) is 9.59 Å². The van der Waals surface area contributed by atoms with Crippen LogP contribution in [-0.4, -0.2) is 79.4 Å². The molecule has 1 atom stereocenters. The van der Waals surface area contributed by atoms with E-state index in [1.807, 2.05) is 6.07 Å². The zero-order valence-corrected chi connectivity index (χ0v) is 15.8. The van der Waals surface area contributed by atoms with Crippen molar-refractivity contribution in [2.24, 2.45) is 5.92 Å². The van der Waals surface area contributed by atoms with E-state index in [1.165, 1.54) is 5.56 Å². The number of carbonyl (C=O) groups excluding carboxylic acids is 1. The average Bonchev–Trinajstić information content (AvgIpc) is 2.60. The summed E-state index contributed by atoms with van der Waals surface area (Å²) in [6.07, 6.45) is 2.09. The number of hydrogen-bond donors (Lipinski definition) is 2. The molecule has 2 fully saturated rings. The van der Waals surface area contributed by atoms with E-state index in [0.717, 1.165) is 12.8 Å². The topological polar surface area (TPSA) is 82.1 Å². The van der Waals surface area contributed by atoms with Crippen LogP contribution >= 0.6 is 0 Å². The second kappa shape index (κ2) is 9.19. The number of rotatable bonds is 7. The molecule has 0 radical (unpaired) electrons. The van der Waals surface area contributed by atoms with E-state index in [-0.39, 0.29) is 18.7 Å². The molecule has 7 nitrogen and oxygen atoms in total. The van der Waals surface area contributed by atoms with Crippen LogP contribution in [0.15, 0.2) is 30.3 Å².